The molecule has 3 aromatic heterocycles. The summed E-state index contributed by atoms with van der Waals surface area (Å²) in [6.45, 7) is 3.14. The van der Waals surface area contributed by atoms with Gasteiger partial charge in [0.1, 0.15) is 11.8 Å². The van der Waals surface area contributed by atoms with E-state index in [1.165, 1.54) is 6.42 Å². The van der Waals surface area contributed by atoms with Crippen molar-refractivity contribution in [3.63, 3.8) is 0 Å². The van der Waals surface area contributed by atoms with Crippen molar-refractivity contribution in [1.82, 2.24) is 35.1 Å². The number of pyridine rings is 2. The van der Waals surface area contributed by atoms with Gasteiger partial charge in [0.15, 0.2) is 5.82 Å². The summed E-state index contributed by atoms with van der Waals surface area (Å²) in [6.07, 6.45) is 9.22. The highest BCUT2D eigenvalue weighted by molar-refractivity contribution is 5.79. The monoisotopic (exact) mass is 549 g/mol. The molecule has 0 bridgehead atoms. The van der Waals surface area contributed by atoms with E-state index in [0.717, 1.165) is 59.0 Å². The third kappa shape index (κ3) is 5.90. The Kier molecular flexibility index (Phi) is 7.86. The van der Waals surface area contributed by atoms with Gasteiger partial charge in [-0.15, -0.1) is 5.10 Å². The Morgan fingerprint density at radius 2 is 1.83 bits per heavy atom. The lowest BCUT2D eigenvalue weighted by Gasteiger charge is -2.32. The number of tetrazole rings is 1. The van der Waals surface area contributed by atoms with Crippen LogP contribution in [0.3, 0.4) is 0 Å². The number of aromatic amines is 1. The van der Waals surface area contributed by atoms with Crippen molar-refractivity contribution in [2.75, 3.05) is 7.11 Å². The minimum absolute atomic E-state index is 0.141. The fourth-order valence-electron chi connectivity index (χ4n) is 5.93. The second kappa shape index (κ2) is 12.0. The predicted octanol–water partition coefficient (Wildman–Crippen LogP) is 5.52. The van der Waals surface area contributed by atoms with Crippen LogP contribution in [0.15, 0.2) is 77.9 Å². The minimum atomic E-state index is -0.497. The van der Waals surface area contributed by atoms with Gasteiger partial charge in [-0.1, -0.05) is 49.6 Å². The highest BCUT2D eigenvalue weighted by Crippen LogP contribution is 2.34. The molecule has 3 heterocycles. The van der Waals surface area contributed by atoms with Crippen molar-refractivity contribution in [3.05, 3.63) is 111 Å². The number of rotatable bonds is 9. The molecule has 2 aromatic carbocycles. The number of nitrogens with one attached hydrogen (secondary N) is 1. The maximum Gasteiger partial charge on any atom is 0.253 e. The molecule has 0 saturated heterocycles. The normalized spacial score (nSPS) is 14.9. The molecule has 41 heavy (non-hydrogen) atoms. The van der Waals surface area contributed by atoms with Crippen LogP contribution in [0.2, 0.25) is 0 Å². The first-order chi connectivity index (χ1) is 20.1. The van der Waals surface area contributed by atoms with Gasteiger partial charge in [0.25, 0.3) is 5.56 Å². The summed E-state index contributed by atoms with van der Waals surface area (Å²) in [7, 11) is 1.67. The van der Waals surface area contributed by atoms with E-state index in [1.807, 2.05) is 48.1 Å². The molecule has 5 aromatic rings. The Morgan fingerprint density at radius 3 is 2.59 bits per heavy atom. The molecule has 210 valence electrons. The van der Waals surface area contributed by atoms with Crippen molar-refractivity contribution < 1.29 is 4.74 Å². The van der Waals surface area contributed by atoms with E-state index < -0.39 is 6.04 Å². The maximum absolute atomic E-state index is 13.9. The fraction of sp³-hybridized carbons (Fsp3) is 0.344. The lowest BCUT2D eigenvalue weighted by molar-refractivity contribution is 0.186. The van der Waals surface area contributed by atoms with Crippen molar-refractivity contribution in [1.29, 1.82) is 0 Å². The van der Waals surface area contributed by atoms with Crippen molar-refractivity contribution >= 4 is 10.9 Å². The summed E-state index contributed by atoms with van der Waals surface area (Å²) in [5, 5.41) is 14.2. The lowest BCUT2D eigenvalue weighted by Crippen LogP contribution is -2.35. The Labute approximate surface area is 239 Å². The molecule has 1 aliphatic carbocycles. The quantitative estimate of drug-likeness (QED) is 0.258. The van der Waals surface area contributed by atoms with Gasteiger partial charge in [-0.3, -0.25) is 14.7 Å². The Morgan fingerprint density at radius 1 is 1.02 bits per heavy atom. The first-order valence-electron chi connectivity index (χ1n) is 14.3. The molecule has 0 unspecified atom stereocenters. The van der Waals surface area contributed by atoms with Crippen LogP contribution in [0.4, 0.5) is 0 Å². The van der Waals surface area contributed by atoms with Gasteiger partial charge >= 0.3 is 0 Å². The first kappa shape index (κ1) is 26.8. The number of hydrogen-bond acceptors (Lipinski definition) is 7. The van der Waals surface area contributed by atoms with Gasteiger partial charge in [-0.25, -0.2) is 4.68 Å². The number of benzene rings is 2. The number of ether oxygens (including phenoxy) is 1. The Hall–Kier alpha value is -4.37. The molecule has 0 amide bonds. The number of aromatic nitrogens is 6. The van der Waals surface area contributed by atoms with Crippen LogP contribution in [-0.2, 0) is 13.1 Å². The zero-order chi connectivity index (χ0) is 28.2. The molecule has 9 heteroatoms. The Balaban J connectivity index is 1.51. The van der Waals surface area contributed by atoms with Crippen LogP contribution >= 0.6 is 0 Å². The molecule has 1 saturated carbocycles. The average molecular weight is 550 g/mol. The van der Waals surface area contributed by atoms with Crippen LogP contribution in [0.1, 0.15) is 72.3 Å². The van der Waals surface area contributed by atoms with Gasteiger partial charge < -0.3 is 9.72 Å². The van der Waals surface area contributed by atoms with Crippen LogP contribution in [-0.4, -0.2) is 42.2 Å². The standard InChI is InChI=1S/C32H35N7O2/c1-22-10-13-25-18-28(32(40)34-29(25)17-22)30(31-35-36-37-39(31)26-8-4-3-5-9-26)38(21-24-7-6-16-33-19-24)20-23-11-14-27(41-2)15-12-23/h6-7,10-19,26,30H,3-5,8-9,20-21H2,1-2H3,(H,34,40)/t30-/m1/s1. The van der Waals surface area contributed by atoms with Crippen LogP contribution in [0.25, 0.3) is 10.9 Å². The molecule has 1 N–H and O–H groups in total. The van der Waals surface area contributed by atoms with Crippen molar-refractivity contribution in [2.45, 2.75) is 64.2 Å². The van der Waals surface area contributed by atoms with E-state index in [1.54, 1.807) is 13.3 Å². The summed E-state index contributed by atoms with van der Waals surface area (Å²) in [5.74, 6) is 1.48. The number of hydrogen-bond donors (Lipinski definition) is 1. The smallest absolute Gasteiger partial charge is 0.253 e. The number of nitrogens with zero attached hydrogens (tertiary/aromatic N) is 6. The molecule has 1 fully saturated rings. The second-order valence-corrected chi connectivity index (χ2v) is 10.9. The zero-order valence-corrected chi connectivity index (χ0v) is 23.5. The van der Waals surface area contributed by atoms with Crippen molar-refractivity contribution in [2.24, 2.45) is 0 Å². The van der Waals surface area contributed by atoms with E-state index in [2.05, 4.69) is 60.7 Å². The molecule has 1 atom stereocenters. The summed E-state index contributed by atoms with van der Waals surface area (Å²) < 4.78 is 7.38. The predicted molar refractivity (Wildman–Crippen MR) is 158 cm³/mol. The van der Waals surface area contributed by atoms with E-state index in [-0.39, 0.29) is 11.6 Å². The van der Waals surface area contributed by atoms with Crippen LogP contribution in [0.5, 0.6) is 5.75 Å². The van der Waals surface area contributed by atoms with Gasteiger partial charge in [-0.05, 0) is 82.6 Å². The molecular formula is C32H35N7O2. The number of fused-ring (bicyclic) bond motifs is 1. The molecular weight excluding hydrogens is 514 g/mol. The zero-order valence-electron chi connectivity index (χ0n) is 23.5. The van der Waals surface area contributed by atoms with Crippen LogP contribution < -0.4 is 10.3 Å². The summed E-state index contributed by atoms with van der Waals surface area (Å²) >= 11 is 0. The number of aryl methyl sites for hydroxylation is 1. The first-order valence-corrected chi connectivity index (χ1v) is 14.3. The Bertz CT molecular complexity index is 1660. The third-order valence-corrected chi connectivity index (χ3v) is 8.03. The SMILES string of the molecule is COc1ccc(CN(Cc2cccnc2)[C@H](c2cc3ccc(C)cc3[nH]c2=O)c2nnnn2C2CCCCC2)cc1. The van der Waals surface area contributed by atoms with E-state index in [4.69, 9.17) is 4.74 Å². The van der Waals surface area contributed by atoms with Crippen molar-refractivity contribution in [3.8, 4) is 5.75 Å². The molecule has 0 radical (unpaired) electrons. The number of H-pyrrole nitrogens is 1. The minimum Gasteiger partial charge on any atom is -0.497 e. The molecule has 0 aliphatic heterocycles. The van der Waals surface area contributed by atoms with E-state index >= 15 is 0 Å². The van der Waals surface area contributed by atoms with Gasteiger partial charge in [0, 0.05) is 36.6 Å². The van der Waals surface area contributed by atoms with Gasteiger partial charge in [-0.2, -0.15) is 0 Å². The van der Waals surface area contributed by atoms with Gasteiger partial charge in [0.2, 0.25) is 0 Å². The topological polar surface area (TPSA) is 102 Å². The molecule has 0 spiro atoms. The summed E-state index contributed by atoms with van der Waals surface area (Å²) in [4.78, 5) is 23.7. The van der Waals surface area contributed by atoms with Crippen LogP contribution in [0, 0.1) is 6.92 Å². The fourth-order valence-corrected chi connectivity index (χ4v) is 5.93. The molecule has 9 nitrogen and oxygen atoms in total. The molecule has 1 aliphatic rings. The number of methoxy groups -OCH3 is 1. The van der Waals surface area contributed by atoms with E-state index in [0.29, 0.717) is 24.5 Å². The largest absolute Gasteiger partial charge is 0.497 e. The van der Waals surface area contributed by atoms with E-state index in [9.17, 15) is 4.79 Å². The highest BCUT2D eigenvalue weighted by atomic mass is 16.5. The third-order valence-electron chi connectivity index (χ3n) is 8.03. The maximum atomic E-state index is 13.9. The average Bonchev–Trinajstić information content (AvgIpc) is 3.48. The lowest BCUT2D eigenvalue weighted by atomic mass is 9.95. The molecule has 6 rings (SSSR count). The van der Waals surface area contributed by atoms with Gasteiger partial charge in [0.05, 0.1) is 13.2 Å². The second-order valence-electron chi connectivity index (χ2n) is 10.9. The summed E-state index contributed by atoms with van der Waals surface area (Å²) in [5.41, 5.74) is 4.51. The summed E-state index contributed by atoms with van der Waals surface area (Å²) in [6, 6.07) is 19.9. The highest BCUT2D eigenvalue weighted by Gasteiger charge is 2.33.